The normalized spacial score (nSPS) is 17.6. The molecule has 108 valence electrons. The van der Waals surface area contributed by atoms with Gasteiger partial charge in [0.15, 0.2) is 10.3 Å². The van der Waals surface area contributed by atoms with Crippen molar-refractivity contribution in [2.45, 2.75) is 12.8 Å². The van der Waals surface area contributed by atoms with E-state index in [0.717, 1.165) is 38.3 Å². The van der Waals surface area contributed by atoms with Crippen LogP contribution in [0.3, 0.4) is 0 Å². The highest BCUT2D eigenvalue weighted by molar-refractivity contribution is 6.33. The number of hydrogen-bond acceptors (Lipinski definition) is 4. The Balaban J connectivity index is 0.000000205. The molecule has 20 heavy (non-hydrogen) atoms. The molecule has 0 saturated carbocycles. The minimum Gasteiger partial charge on any atom is -0.365 e. The minimum atomic E-state index is 0.374. The monoisotopic (exact) mass is 312 g/mol. The summed E-state index contributed by atoms with van der Waals surface area (Å²) in [7, 11) is 0. The van der Waals surface area contributed by atoms with Crippen molar-refractivity contribution in [2.24, 2.45) is 0 Å². The van der Waals surface area contributed by atoms with Crippen LogP contribution in [0.4, 0.5) is 5.69 Å². The first kappa shape index (κ1) is 15.3. The van der Waals surface area contributed by atoms with Crippen molar-refractivity contribution in [3.8, 4) is 0 Å². The van der Waals surface area contributed by atoms with Gasteiger partial charge in [0, 0.05) is 25.7 Å². The molecule has 0 fully saturated rings. The minimum absolute atomic E-state index is 0.374. The highest BCUT2D eigenvalue weighted by atomic mass is 35.5. The molecule has 0 radical (unpaired) electrons. The van der Waals surface area contributed by atoms with E-state index in [0.29, 0.717) is 10.3 Å². The fraction of sp³-hybridized carbons (Fsp3) is 0.429. The van der Waals surface area contributed by atoms with E-state index in [1.54, 1.807) is 6.07 Å². The molecule has 0 spiro atoms. The summed E-state index contributed by atoms with van der Waals surface area (Å²) in [4.78, 5) is 2.13. The SMILES string of the molecule is C1=CCNCC1.Clc1cc(N2CC=CCC2)c(Cl)nn1. The van der Waals surface area contributed by atoms with Crippen molar-refractivity contribution < 1.29 is 0 Å². The smallest absolute Gasteiger partial charge is 0.175 e. The lowest BCUT2D eigenvalue weighted by atomic mass is 10.2. The average Bonchev–Trinajstić information content (AvgIpc) is 2.53. The summed E-state index contributed by atoms with van der Waals surface area (Å²) in [5, 5.41) is 11.4. The number of nitrogens with zero attached hydrogens (tertiary/aromatic N) is 3. The molecule has 0 bridgehead atoms. The Hall–Kier alpha value is -1.10. The summed E-state index contributed by atoms with van der Waals surface area (Å²) in [5.41, 5.74) is 0.857. The van der Waals surface area contributed by atoms with Crippen molar-refractivity contribution in [2.75, 3.05) is 31.1 Å². The lowest BCUT2D eigenvalue weighted by molar-refractivity contribution is 0.728. The standard InChI is InChI=1S/C9H9Cl2N3.C5H9N/c10-8-6-7(9(11)13-12-8)14-4-2-1-3-5-14;1-2-4-6-5-3-1/h1-2,6H,3-5H2;1-2,6H,3-5H2. The molecule has 0 aliphatic carbocycles. The fourth-order valence-electron chi connectivity index (χ4n) is 2.00. The lowest BCUT2D eigenvalue weighted by Crippen LogP contribution is -2.27. The van der Waals surface area contributed by atoms with Crippen molar-refractivity contribution >= 4 is 28.9 Å². The molecule has 3 heterocycles. The van der Waals surface area contributed by atoms with Crippen LogP contribution in [0, 0.1) is 0 Å². The van der Waals surface area contributed by atoms with Gasteiger partial charge in [-0.1, -0.05) is 47.5 Å². The van der Waals surface area contributed by atoms with Crippen LogP contribution in [0.15, 0.2) is 30.4 Å². The quantitative estimate of drug-likeness (QED) is 0.809. The Morgan fingerprint density at radius 2 is 1.90 bits per heavy atom. The third-order valence-corrected chi connectivity index (χ3v) is 3.47. The van der Waals surface area contributed by atoms with Gasteiger partial charge in [0.25, 0.3) is 0 Å². The average molecular weight is 313 g/mol. The van der Waals surface area contributed by atoms with Crippen LogP contribution >= 0.6 is 23.2 Å². The molecule has 2 aliphatic heterocycles. The van der Waals surface area contributed by atoms with Crippen LogP contribution in [0.2, 0.25) is 10.3 Å². The van der Waals surface area contributed by atoms with Gasteiger partial charge in [-0.15, -0.1) is 10.2 Å². The summed E-state index contributed by atoms with van der Waals surface area (Å²) in [6.07, 6.45) is 10.9. The molecule has 1 N–H and O–H groups in total. The van der Waals surface area contributed by atoms with Crippen LogP contribution in [-0.4, -0.2) is 36.4 Å². The summed E-state index contributed by atoms with van der Waals surface area (Å²) < 4.78 is 0. The van der Waals surface area contributed by atoms with Gasteiger partial charge in [-0.3, -0.25) is 0 Å². The molecule has 0 aromatic carbocycles. The van der Waals surface area contributed by atoms with E-state index in [4.69, 9.17) is 23.2 Å². The molecular weight excluding hydrogens is 295 g/mol. The molecule has 2 aliphatic rings. The molecule has 0 unspecified atom stereocenters. The van der Waals surface area contributed by atoms with Crippen LogP contribution < -0.4 is 10.2 Å². The molecular formula is C14H18Cl2N4. The zero-order valence-electron chi connectivity index (χ0n) is 11.2. The molecule has 4 nitrogen and oxygen atoms in total. The summed E-state index contributed by atoms with van der Waals surface area (Å²) >= 11 is 11.7. The maximum Gasteiger partial charge on any atom is 0.175 e. The zero-order chi connectivity index (χ0) is 14.2. The van der Waals surface area contributed by atoms with Gasteiger partial charge >= 0.3 is 0 Å². The second-order valence-electron chi connectivity index (χ2n) is 4.51. The Kier molecular flexibility index (Phi) is 6.30. The fourth-order valence-corrected chi connectivity index (χ4v) is 2.35. The molecule has 3 rings (SSSR count). The Morgan fingerprint density at radius 3 is 2.45 bits per heavy atom. The number of aromatic nitrogens is 2. The largest absolute Gasteiger partial charge is 0.365 e. The molecule has 6 heteroatoms. The lowest BCUT2D eigenvalue weighted by Gasteiger charge is -2.25. The van der Waals surface area contributed by atoms with E-state index in [1.807, 2.05) is 0 Å². The van der Waals surface area contributed by atoms with Crippen molar-refractivity contribution in [1.82, 2.24) is 15.5 Å². The summed E-state index contributed by atoms with van der Waals surface area (Å²) in [5.74, 6) is 0. The molecule has 1 aromatic rings. The van der Waals surface area contributed by atoms with Gasteiger partial charge in [0.05, 0.1) is 5.69 Å². The third kappa shape index (κ3) is 4.78. The van der Waals surface area contributed by atoms with E-state index in [9.17, 15) is 0 Å². The maximum atomic E-state index is 5.93. The highest BCUT2D eigenvalue weighted by Gasteiger charge is 2.12. The predicted octanol–water partition coefficient (Wildman–Crippen LogP) is 3.09. The van der Waals surface area contributed by atoms with Gasteiger partial charge < -0.3 is 10.2 Å². The summed E-state index contributed by atoms with van der Waals surface area (Å²) in [6.45, 7) is 4.02. The first-order valence-electron chi connectivity index (χ1n) is 6.72. The Bertz CT molecular complexity index is 480. The van der Waals surface area contributed by atoms with Gasteiger partial charge in [-0.25, -0.2) is 0 Å². The van der Waals surface area contributed by atoms with Crippen LogP contribution in [0.25, 0.3) is 0 Å². The van der Waals surface area contributed by atoms with E-state index in [-0.39, 0.29) is 0 Å². The number of hydrogen-bond donors (Lipinski definition) is 1. The van der Waals surface area contributed by atoms with E-state index in [1.165, 1.54) is 6.42 Å². The molecule has 0 atom stereocenters. The van der Waals surface area contributed by atoms with Crippen LogP contribution in [0.1, 0.15) is 12.8 Å². The van der Waals surface area contributed by atoms with E-state index >= 15 is 0 Å². The van der Waals surface area contributed by atoms with Crippen molar-refractivity contribution in [3.63, 3.8) is 0 Å². The van der Waals surface area contributed by atoms with Gasteiger partial charge in [-0.05, 0) is 19.4 Å². The van der Waals surface area contributed by atoms with E-state index < -0.39 is 0 Å². The topological polar surface area (TPSA) is 41.0 Å². The number of nitrogens with one attached hydrogen (secondary N) is 1. The van der Waals surface area contributed by atoms with Crippen molar-refractivity contribution in [3.05, 3.63) is 40.7 Å². The van der Waals surface area contributed by atoms with Crippen LogP contribution in [-0.2, 0) is 0 Å². The zero-order valence-corrected chi connectivity index (χ0v) is 12.7. The maximum absolute atomic E-state index is 5.93. The first-order valence-corrected chi connectivity index (χ1v) is 7.47. The number of anilines is 1. The first-order chi connectivity index (χ1) is 9.77. The van der Waals surface area contributed by atoms with Crippen LogP contribution in [0.5, 0.6) is 0 Å². The second kappa shape index (κ2) is 8.25. The molecule has 1 aromatic heterocycles. The Labute approximate surface area is 129 Å². The summed E-state index contributed by atoms with van der Waals surface area (Å²) in [6, 6.07) is 1.75. The van der Waals surface area contributed by atoms with Gasteiger partial charge in [0.2, 0.25) is 0 Å². The Morgan fingerprint density at radius 1 is 1.05 bits per heavy atom. The number of halogens is 2. The second-order valence-corrected chi connectivity index (χ2v) is 5.26. The van der Waals surface area contributed by atoms with E-state index in [2.05, 4.69) is 44.7 Å². The predicted molar refractivity (Wildman–Crippen MR) is 84.6 cm³/mol. The highest BCUT2D eigenvalue weighted by Crippen LogP contribution is 2.26. The van der Waals surface area contributed by atoms with Gasteiger partial charge in [-0.2, -0.15) is 0 Å². The molecule has 0 saturated heterocycles. The van der Waals surface area contributed by atoms with Crippen molar-refractivity contribution in [1.29, 1.82) is 0 Å². The van der Waals surface area contributed by atoms with Gasteiger partial charge in [0.1, 0.15) is 0 Å². The number of rotatable bonds is 1. The third-order valence-electron chi connectivity index (χ3n) is 3.02. The molecule has 0 amide bonds.